The third-order valence-electron chi connectivity index (χ3n) is 5.22. The van der Waals surface area contributed by atoms with Gasteiger partial charge in [0.1, 0.15) is 6.04 Å². The van der Waals surface area contributed by atoms with Gasteiger partial charge >= 0.3 is 5.97 Å². The molecule has 0 spiro atoms. The van der Waals surface area contributed by atoms with E-state index in [9.17, 15) is 14.4 Å². The van der Waals surface area contributed by atoms with E-state index >= 15 is 0 Å². The molecule has 2 heterocycles. The third kappa shape index (κ3) is 3.24. The van der Waals surface area contributed by atoms with Crippen molar-refractivity contribution in [2.75, 3.05) is 0 Å². The molecule has 2 aromatic rings. The molecule has 28 heavy (non-hydrogen) atoms. The number of hydrogen-bond acceptors (Lipinski definition) is 6. The summed E-state index contributed by atoms with van der Waals surface area (Å²) < 4.78 is 10.8. The van der Waals surface area contributed by atoms with E-state index in [1.165, 1.54) is 6.92 Å². The van der Waals surface area contributed by atoms with Crippen LogP contribution in [0.25, 0.3) is 11.3 Å². The zero-order valence-electron chi connectivity index (χ0n) is 15.4. The first kappa shape index (κ1) is 18.2. The average Bonchev–Trinajstić information content (AvgIpc) is 3.30. The molecule has 0 N–H and O–H groups in total. The second kappa shape index (κ2) is 7.42. The highest BCUT2D eigenvalue weighted by atomic mass is 16.5. The number of carbonyl (C=O) groups is 3. The van der Waals surface area contributed by atoms with E-state index in [4.69, 9.17) is 9.15 Å². The van der Waals surface area contributed by atoms with E-state index in [0.29, 0.717) is 18.6 Å². The molecule has 7 nitrogen and oxygen atoms in total. The lowest BCUT2D eigenvalue weighted by atomic mass is 9.85. The number of hydrogen-bond donors (Lipinski definition) is 0. The second-order valence-electron chi connectivity index (χ2n) is 6.97. The van der Waals surface area contributed by atoms with Gasteiger partial charge < -0.3 is 9.15 Å². The number of benzene rings is 1. The summed E-state index contributed by atoms with van der Waals surface area (Å²) in [6.07, 6.45) is 6.45. The Labute approximate surface area is 162 Å². The Kier molecular flexibility index (Phi) is 4.81. The minimum Gasteiger partial charge on any atom is -0.454 e. The van der Waals surface area contributed by atoms with E-state index in [2.05, 4.69) is 4.98 Å². The van der Waals surface area contributed by atoms with Crippen LogP contribution in [0.5, 0.6) is 0 Å². The molecule has 1 aromatic heterocycles. The van der Waals surface area contributed by atoms with Crippen molar-refractivity contribution in [2.24, 2.45) is 11.8 Å². The van der Waals surface area contributed by atoms with Gasteiger partial charge in [0.15, 0.2) is 12.4 Å². The van der Waals surface area contributed by atoms with Gasteiger partial charge in [-0.15, -0.1) is 0 Å². The Bertz CT molecular complexity index is 907. The molecule has 1 saturated heterocycles. The Morgan fingerprint density at radius 1 is 1.18 bits per heavy atom. The number of fused-ring (bicyclic) bond motifs is 1. The van der Waals surface area contributed by atoms with Crippen molar-refractivity contribution in [1.82, 2.24) is 9.88 Å². The van der Waals surface area contributed by atoms with Gasteiger partial charge in [-0.2, -0.15) is 0 Å². The number of likely N-dealkylation sites (tertiary alicyclic amines) is 1. The fourth-order valence-corrected chi connectivity index (χ4v) is 3.68. The summed E-state index contributed by atoms with van der Waals surface area (Å²) in [5.74, 6) is -1.18. The molecule has 3 atom stereocenters. The number of carbonyl (C=O) groups excluding carboxylic acids is 3. The summed E-state index contributed by atoms with van der Waals surface area (Å²) in [7, 11) is 0. The Morgan fingerprint density at radius 3 is 2.46 bits per heavy atom. The minimum atomic E-state index is -0.978. The predicted molar refractivity (Wildman–Crippen MR) is 98.4 cm³/mol. The Balaban J connectivity index is 1.38. The van der Waals surface area contributed by atoms with Crippen LogP contribution in [-0.2, 0) is 25.7 Å². The van der Waals surface area contributed by atoms with Gasteiger partial charge in [-0.25, -0.2) is 9.78 Å². The first-order chi connectivity index (χ1) is 13.6. The molecule has 144 valence electrons. The lowest BCUT2D eigenvalue weighted by Crippen LogP contribution is -2.44. The normalized spacial score (nSPS) is 22.2. The number of amides is 2. The third-order valence-corrected chi connectivity index (χ3v) is 5.22. The molecule has 2 aliphatic rings. The first-order valence-electron chi connectivity index (χ1n) is 9.25. The minimum absolute atomic E-state index is 0.166. The lowest BCUT2D eigenvalue weighted by Gasteiger charge is -2.21. The van der Waals surface area contributed by atoms with Crippen molar-refractivity contribution >= 4 is 17.8 Å². The monoisotopic (exact) mass is 380 g/mol. The number of nitrogens with zero attached hydrogens (tertiary/aromatic N) is 2. The van der Waals surface area contributed by atoms with Crippen molar-refractivity contribution in [2.45, 2.75) is 32.4 Å². The predicted octanol–water partition coefficient (Wildman–Crippen LogP) is 2.72. The number of oxazole rings is 1. The quantitative estimate of drug-likeness (QED) is 0.450. The number of aromatic nitrogens is 1. The van der Waals surface area contributed by atoms with E-state index in [1.807, 2.05) is 42.5 Å². The first-order valence-corrected chi connectivity index (χ1v) is 9.25. The van der Waals surface area contributed by atoms with Crippen LogP contribution < -0.4 is 0 Å². The summed E-state index contributed by atoms with van der Waals surface area (Å²) in [6.45, 7) is 1.34. The fraction of sp³-hybridized carbons (Fsp3) is 0.333. The highest BCUT2D eigenvalue weighted by Gasteiger charge is 2.50. The average molecular weight is 380 g/mol. The summed E-state index contributed by atoms with van der Waals surface area (Å²) in [5, 5.41) is 0. The zero-order chi connectivity index (χ0) is 19.7. The van der Waals surface area contributed by atoms with Gasteiger partial charge in [-0.1, -0.05) is 42.5 Å². The van der Waals surface area contributed by atoms with Crippen LogP contribution in [0.2, 0.25) is 0 Å². The Morgan fingerprint density at radius 2 is 1.82 bits per heavy atom. The highest BCUT2D eigenvalue weighted by molar-refractivity contribution is 6.08. The number of esters is 1. The highest BCUT2D eigenvalue weighted by Crippen LogP contribution is 2.36. The number of imide groups is 1. The summed E-state index contributed by atoms with van der Waals surface area (Å²) in [6, 6.07) is 8.47. The van der Waals surface area contributed by atoms with Crippen molar-refractivity contribution in [3.63, 3.8) is 0 Å². The van der Waals surface area contributed by atoms with Crippen molar-refractivity contribution in [3.05, 3.63) is 54.6 Å². The van der Waals surface area contributed by atoms with Crippen LogP contribution in [-0.4, -0.2) is 33.7 Å². The molecule has 1 aliphatic heterocycles. The summed E-state index contributed by atoms with van der Waals surface area (Å²) in [5.41, 5.74) is 0.866. The van der Waals surface area contributed by atoms with Crippen molar-refractivity contribution < 1.29 is 23.5 Å². The number of rotatable bonds is 5. The fourth-order valence-electron chi connectivity index (χ4n) is 3.68. The van der Waals surface area contributed by atoms with Gasteiger partial charge in [-0.05, 0) is 19.8 Å². The van der Waals surface area contributed by atoms with Crippen LogP contribution in [0.15, 0.2) is 53.1 Å². The number of ether oxygens (including phenoxy) is 1. The van der Waals surface area contributed by atoms with Crippen LogP contribution in [0.3, 0.4) is 0 Å². The summed E-state index contributed by atoms with van der Waals surface area (Å²) >= 11 is 0. The Hall–Kier alpha value is -3.22. The van der Waals surface area contributed by atoms with Gasteiger partial charge in [0.05, 0.1) is 18.0 Å². The van der Waals surface area contributed by atoms with Crippen LogP contribution in [0.1, 0.15) is 25.7 Å². The molecule has 0 radical (unpaired) electrons. The molecule has 0 saturated carbocycles. The van der Waals surface area contributed by atoms with Crippen LogP contribution >= 0.6 is 0 Å². The van der Waals surface area contributed by atoms with Crippen LogP contribution in [0, 0.1) is 11.8 Å². The molecular formula is C21H20N2O5. The second-order valence-corrected chi connectivity index (χ2v) is 6.97. The van der Waals surface area contributed by atoms with Crippen molar-refractivity contribution in [1.29, 1.82) is 0 Å². The SMILES string of the molecule is C[C@@H](C(=O)OCc1ncc(-c2ccccc2)o1)N1C(=O)[C@H]2CC=CC[C@H]2C1=O. The largest absolute Gasteiger partial charge is 0.454 e. The maximum atomic E-state index is 12.6. The molecule has 4 rings (SSSR count). The van der Waals surface area contributed by atoms with Gasteiger partial charge in [0, 0.05) is 5.56 Å². The number of allylic oxidation sites excluding steroid dienone is 2. The molecule has 1 aromatic carbocycles. The maximum Gasteiger partial charge on any atom is 0.329 e. The molecule has 1 fully saturated rings. The van der Waals surface area contributed by atoms with Gasteiger partial charge in [0.2, 0.25) is 17.7 Å². The van der Waals surface area contributed by atoms with Crippen molar-refractivity contribution in [3.8, 4) is 11.3 Å². The standard InChI is InChI=1S/C21H20N2O5/c1-13(23-19(24)15-9-5-6-10-16(15)20(23)25)21(26)27-12-18-22-11-17(28-18)14-7-3-2-4-8-14/h2-8,11,13,15-16H,9-10,12H2,1H3/t13-,15-,16+/m0/s1. The van der Waals surface area contributed by atoms with E-state index in [1.54, 1.807) is 6.20 Å². The van der Waals surface area contributed by atoms with Gasteiger partial charge in [-0.3, -0.25) is 14.5 Å². The van der Waals surface area contributed by atoms with E-state index < -0.39 is 12.0 Å². The molecule has 2 amide bonds. The maximum absolute atomic E-state index is 12.6. The van der Waals surface area contributed by atoms with E-state index in [0.717, 1.165) is 10.5 Å². The van der Waals surface area contributed by atoms with Gasteiger partial charge in [0.25, 0.3) is 0 Å². The molecule has 0 bridgehead atoms. The van der Waals surface area contributed by atoms with Crippen LogP contribution in [0.4, 0.5) is 0 Å². The topological polar surface area (TPSA) is 89.7 Å². The molecule has 7 heteroatoms. The van der Waals surface area contributed by atoms with E-state index in [-0.39, 0.29) is 36.1 Å². The zero-order valence-corrected chi connectivity index (χ0v) is 15.4. The molecule has 1 aliphatic carbocycles. The lowest BCUT2D eigenvalue weighted by molar-refractivity contribution is -0.159. The molecule has 0 unspecified atom stereocenters. The smallest absolute Gasteiger partial charge is 0.329 e. The molecular weight excluding hydrogens is 360 g/mol. The summed E-state index contributed by atoms with van der Waals surface area (Å²) in [4.78, 5) is 42.7.